The zero-order valence-electron chi connectivity index (χ0n) is 18.3. The molecule has 1 aromatic rings. The van der Waals surface area contributed by atoms with Gasteiger partial charge in [0.25, 0.3) is 0 Å². The van der Waals surface area contributed by atoms with E-state index in [1.807, 2.05) is 4.90 Å². The first-order chi connectivity index (χ1) is 15.0. The van der Waals surface area contributed by atoms with Gasteiger partial charge >= 0.3 is 6.18 Å². The molecule has 1 unspecified atom stereocenters. The first-order valence-corrected chi connectivity index (χ1v) is 12.2. The number of benzene rings is 1. The minimum absolute atomic E-state index is 0.0362. The number of ether oxygens (including phenoxy) is 1. The number of nitrogens with zero attached hydrogens (tertiary/aromatic N) is 2. The number of hydrogen-bond acceptors (Lipinski definition) is 5. The SMILES string of the molecule is CC(C)N(C1CCN(CC(=O)NC2CCOC2)CC1)S(=O)(=O)c1cccc(C(F)(F)F)c1. The van der Waals surface area contributed by atoms with Crippen molar-refractivity contribution in [2.45, 2.75) is 62.3 Å². The van der Waals surface area contributed by atoms with E-state index in [1.165, 1.54) is 10.4 Å². The van der Waals surface area contributed by atoms with Gasteiger partial charge in [0.1, 0.15) is 0 Å². The van der Waals surface area contributed by atoms with Crippen LogP contribution in [-0.2, 0) is 25.7 Å². The largest absolute Gasteiger partial charge is 0.416 e. The Morgan fingerprint density at radius 3 is 2.50 bits per heavy atom. The Morgan fingerprint density at radius 2 is 1.94 bits per heavy atom. The topological polar surface area (TPSA) is 79.0 Å². The van der Waals surface area contributed by atoms with Gasteiger partial charge in [-0.2, -0.15) is 17.5 Å². The molecular formula is C21H30F3N3O4S. The van der Waals surface area contributed by atoms with Crippen LogP contribution in [-0.4, -0.2) is 74.5 Å². The minimum atomic E-state index is -4.62. The summed E-state index contributed by atoms with van der Waals surface area (Å²) in [5.74, 6) is -0.0868. The van der Waals surface area contributed by atoms with Crippen molar-refractivity contribution in [3.63, 3.8) is 0 Å². The van der Waals surface area contributed by atoms with Crippen LogP contribution >= 0.6 is 0 Å². The van der Waals surface area contributed by atoms with E-state index in [2.05, 4.69) is 5.32 Å². The van der Waals surface area contributed by atoms with E-state index < -0.39 is 27.8 Å². The third-order valence-electron chi connectivity index (χ3n) is 5.82. The Kier molecular flexibility index (Phi) is 7.85. The number of carbonyl (C=O) groups is 1. The van der Waals surface area contributed by atoms with E-state index in [0.717, 1.165) is 18.6 Å². The van der Waals surface area contributed by atoms with Gasteiger partial charge in [-0.1, -0.05) is 6.07 Å². The number of hydrogen-bond donors (Lipinski definition) is 1. The molecule has 180 valence electrons. The van der Waals surface area contributed by atoms with Crippen molar-refractivity contribution in [3.05, 3.63) is 29.8 Å². The van der Waals surface area contributed by atoms with Gasteiger partial charge in [-0.25, -0.2) is 8.42 Å². The van der Waals surface area contributed by atoms with Crippen LogP contribution in [0.25, 0.3) is 0 Å². The zero-order valence-corrected chi connectivity index (χ0v) is 19.1. The average molecular weight is 478 g/mol. The van der Waals surface area contributed by atoms with Crippen LogP contribution < -0.4 is 5.32 Å². The van der Waals surface area contributed by atoms with Crippen molar-refractivity contribution in [2.75, 3.05) is 32.8 Å². The summed E-state index contributed by atoms with van der Waals surface area (Å²) < 4.78 is 72.4. The van der Waals surface area contributed by atoms with E-state index in [0.29, 0.717) is 45.2 Å². The molecule has 0 aromatic heterocycles. The molecule has 1 amide bonds. The predicted molar refractivity (Wildman–Crippen MR) is 112 cm³/mol. The molecule has 11 heteroatoms. The number of rotatable bonds is 7. The van der Waals surface area contributed by atoms with Crippen molar-refractivity contribution in [1.29, 1.82) is 0 Å². The van der Waals surface area contributed by atoms with Gasteiger partial charge in [0, 0.05) is 31.8 Å². The van der Waals surface area contributed by atoms with Crippen molar-refractivity contribution >= 4 is 15.9 Å². The fourth-order valence-electron chi connectivity index (χ4n) is 4.31. The molecule has 0 aliphatic carbocycles. The van der Waals surface area contributed by atoms with Crippen molar-refractivity contribution in [3.8, 4) is 0 Å². The normalized spacial score (nSPS) is 21.4. The lowest BCUT2D eigenvalue weighted by atomic mass is 10.0. The minimum Gasteiger partial charge on any atom is -0.379 e. The lowest BCUT2D eigenvalue weighted by Crippen LogP contribution is -2.51. The van der Waals surface area contributed by atoms with Crippen LogP contribution in [0.15, 0.2) is 29.2 Å². The third-order valence-corrected chi connectivity index (χ3v) is 7.95. The maximum absolute atomic E-state index is 13.3. The molecule has 7 nitrogen and oxygen atoms in total. The number of alkyl halides is 3. The van der Waals surface area contributed by atoms with Crippen LogP contribution in [0.3, 0.4) is 0 Å². The Bertz CT molecular complexity index is 894. The highest BCUT2D eigenvalue weighted by atomic mass is 32.2. The molecule has 3 rings (SSSR count). The van der Waals surface area contributed by atoms with E-state index in [4.69, 9.17) is 4.74 Å². The highest BCUT2D eigenvalue weighted by molar-refractivity contribution is 7.89. The second-order valence-corrected chi connectivity index (χ2v) is 10.4. The first kappa shape index (κ1) is 24.9. The summed E-state index contributed by atoms with van der Waals surface area (Å²) in [6.45, 7) is 5.88. The van der Waals surface area contributed by atoms with Crippen LogP contribution in [0.5, 0.6) is 0 Å². The monoisotopic (exact) mass is 477 g/mol. The Balaban J connectivity index is 1.66. The highest BCUT2D eigenvalue weighted by Gasteiger charge is 2.38. The van der Waals surface area contributed by atoms with Gasteiger partial charge in [-0.05, 0) is 51.3 Å². The Hall–Kier alpha value is -1.69. The molecule has 2 saturated heterocycles. The lowest BCUT2D eigenvalue weighted by Gasteiger charge is -2.39. The summed E-state index contributed by atoms with van der Waals surface area (Å²) in [6.07, 6.45) is -2.83. The highest BCUT2D eigenvalue weighted by Crippen LogP contribution is 2.33. The number of carbonyl (C=O) groups excluding carboxylic acids is 1. The van der Waals surface area contributed by atoms with Gasteiger partial charge in [-0.3, -0.25) is 9.69 Å². The van der Waals surface area contributed by atoms with Crippen LogP contribution in [0.4, 0.5) is 13.2 Å². The molecule has 32 heavy (non-hydrogen) atoms. The molecule has 2 aliphatic rings. The predicted octanol–water partition coefficient (Wildman–Crippen LogP) is 2.47. The fraction of sp³-hybridized carbons (Fsp3) is 0.667. The number of nitrogens with one attached hydrogen (secondary N) is 1. The molecule has 1 atom stereocenters. The van der Waals surface area contributed by atoms with Gasteiger partial charge in [0.05, 0.1) is 29.7 Å². The molecule has 0 radical (unpaired) electrons. The van der Waals surface area contributed by atoms with Crippen LogP contribution in [0.2, 0.25) is 0 Å². The maximum Gasteiger partial charge on any atom is 0.416 e. The van der Waals surface area contributed by atoms with E-state index in [-0.39, 0.29) is 29.4 Å². The smallest absolute Gasteiger partial charge is 0.379 e. The first-order valence-electron chi connectivity index (χ1n) is 10.8. The summed E-state index contributed by atoms with van der Waals surface area (Å²) in [4.78, 5) is 13.9. The fourth-order valence-corrected chi connectivity index (χ4v) is 6.23. The van der Waals surface area contributed by atoms with Gasteiger partial charge in [-0.15, -0.1) is 0 Å². The van der Waals surface area contributed by atoms with Crippen LogP contribution in [0, 0.1) is 0 Å². The third kappa shape index (κ3) is 6.00. The number of likely N-dealkylation sites (tertiary alicyclic amines) is 1. The molecule has 0 spiro atoms. The maximum atomic E-state index is 13.3. The molecule has 1 N–H and O–H groups in total. The van der Waals surface area contributed by atoms with E-state index >= 15 is 0 Å². The van der Waals surface area contributed by atoms with Gasteiger partial charge in [0.2, 0.25) is 15.9 Å². The quantitative estimate of drug-likeness (QED) is 0.653. The summed E-state index contributed by atoms with van der Waals surface area (Å²) >= 11 is 0. The lowest BCUT2D eigenvalue weighted by molar-refractivity contribution is -0.137. The van der Waals surface area contributed by atoms with E-state index in [9.17, 15) is 26.4 Å². The second kappa shape index (κ2) is 10.1. The Morgan fingerprint density at radius 1 is 1.25 bits per heavy atom. The van der Waals surface area contributed by atoms with Crippen molar-refractivity contribution in [2.24, 2.45) is 0 Å². The van der Waals surface area contributed by atoms with E-state index in [1.54, 1.807) is 13.8 Å². The molecule has 0 saturated carbocycles. The Labute approximate surface area is 186 Å². The molecule has 1 aromatic carbocycles. The number of halogens is 3. The molecule has 2 heterocycles. The summed E-state index contributed by atoms with van der Waals surface area (Å²) in [7, 11) is -4.12. The van der Waals surface area contributed by atoms with Gasteiger partial charge < -0.3 is 10.1 Å². The molecule has 0 bridgehead atoms. The zero-order chi connectivity index (χ0) is 23.5. The average Bonchev–Trinajstić information content (AvgIpc) is 3.21. The van der Waals surface area contributed by atoms with Crippen molar-refractivity contribution < 1.29 is 31.1 Å². The van der Waals surface area contributed by atoms with Crippen LogP contribution in [0.1, 0.15) is 38.7 Å². The molecular weight excluding hydrogens is 447 g/mol. The number of amides is 1. The summed E-state index contributed by atoms with van der Waals surface area (Å²) in [5.41, 5.74) is -0.990. The standard InChI is InChI=1S/C21H30F3N3O4S/c1-15(2)27(32(29,30)19-5-3-4-16(12-19)21(22,23)24)18-6-9-26(10-7-18)13-20(28)25-17-8-11-31-14-17/h3-5,12,15,17-18H,6-11,13-14H2,1-2H3,(H,25,28). The number of sulfonamides is 1. The molecule has 2 aliphatic heterocycles. The summed E-state index contributed by atoms with van der Waals surface area (Å²) in [6, 6.07) is 3.14. The summed E-state index contributed by atoms with van der Waals surface area (Å²) in [5, 5.41) is 2.94. The van der Waals surface area contributed by atoms with Gasteiger partial charge in [0.15, 0.2) is 0 Å². The van der Waals surface area contributed by atoms with Crippen molar-refractivity contribution in [1.82, 2.24) is 14.5 Å². The second-order valence-electron chi connectivity index (χ2n) is 8.59. The number of piperidine rings is 1. The molecule has 2 fully saturated rings.